The Balaban J connectivity index is 2.83. The van der Waals surface area contributed by atoms with Crippen LogP contribution in [0.2, 0.25) is 5.15 Å². The SMILES string of the molecule is CC(C)n1c(N)nc2c(Cl)nccc21. The highest BCUT2D eigenvalue weighted by Crippen LogP contribution is 2.25. The maximum Gasteiger partial charge on any atom is 0.201 e. The topological polar surface area (TPSA) is 56.7 Å². The lowest BCUT2D eigenvalue weighted by atomic mass is 10.3. The number of nitrogen functional groups attached to an aromatic ring is 1. The van der Waals surface area contributed by atoms with Crippen LogP contribution in [0.1, 0.15) is 19.9 Å². The van der Waals surface area contributed by atoms with Gasteiger partial charge >= 0.3 is 0 Å². The van der Waals surface area contributed by atoms with Crippen molar-refractivity contribution in [2.45, 2.75) is 19.9 Å². The molecular weight excluding hydrogens is 200 g/mol. The molecule has 0 spiro atoms. The average Bonchev–Trinajstić information content (AvgIpc) is 2.42. The second-order valence-electron chi connectivity index (χ2n) is 3.40. The number of anilines is 1. The molecule has 0 amide bonds. The summed E-state index contributed by atoms with van der Waals surface area (Å²) in [6.45, 7) is 4.09. The summed E-state index contributed by atoms with van der Waals surface area (Å²) in [5.41, 5.74) is 7.38. The summed E-state index contributed by atoms with van der Waals surface area (Å²) in [4.78, 5) is 8.14. The Bertz CT molecular complexity index is 475. The van der Waals surface area contributed by atoms with Crippen LogP contribution in [0.3, 0.4) is 0 Å². The number of hydrogen-bond donors (Lipinski definition) is 1. The minimum absolute atomic E-state index is 0.262. The standard InChI is InChI=1S/C9H11ClN4/c1-5(2)14-6-3-4-12-8(10)7(6)13-9(14)11/h3-5H,1-2H3,(H2,11,13). The zero-order valence-electron chi connectivity index (χ0n) is 8.03. The first-order valence-electron chi connectivity index (χ1n) is 4.39. The molecule has 0 saturated carbocycles. The Hall–Kier alpha value is -1.29. The van der Waals surface area contributed by atoms with Crippen LogP contribution < -0.4 is 5.73 Å². The van der Waals surface area contributed by atoms with Gasteiger partial charge in [-0.05, 0) is 19.9 Å². The van der Waals surface area contributed by atoms with Crippen molar-refractivity contribution in [2.24, 2.45) is 0 Å². The van der Waals surface area contributed by atoms with Crippen LogP contribution in [0.25, 0.3) is 11.0 Å². The number of aromatic nitrogens is 3. The van der Waals surface area contributed by atoms with Gasteiger partial charge in [-0.1, -0.05) is 11.6 Å². The van der Waals surface area contributed by atoms with Crippen molar-refractivity contribution in [1.82, 2.24) is 14.5 Å². The van der Waals surface area contributed by atoms with E-state index < -0.39 is 0 Å². The van der Waals surface area contributed by atoms with Gasteiger partial charge in [0.25, 0.3) is 0 Å². The number of halogens is 1. The molecule has 0 bridgehead atoms. The molecule has 0 aliphatic carbocycles. The van der Waals surface area contributed by atoms with Crippen molar-refractivity contribution in [3.8, 4) is 0 Å². The highest BCUT2D eigenvalue weighted by Gasteiger charge is 2.12. The fourth-order valence-corrected chi connectivity index (χ4v) is 1.75. The smallest absolute Gasteiger partial charge is 0.201 e. The Morgan fingerprint density at radius 1 is 1.50 bits per heavy atom. The molecule has 0 aliphatic rings. The second-order valence-corrected chi connectivity index (χ2v) is 3.76. The normalized spacial score (nSPS) is 11.4. The predicted molar refractivity (Wildman–Crippen MR) is 57.3 cm³/mol. The third-order valence-electron chi connectivity index (χ3n) is 2.11. The van der Waals surface area contributed by atoms with E-state index in [1.54, 1.807) is 6.20 Å². The van der Waals surface area contributed by atoms with Crippen molar-refractivity contribution >= 4 is 28.6 Å². The number of rotatable bonds is 1. The summed E-state index contributed by atoms with van der Waals surface area (Å²) in [7, 11) is 0. The molecule has 4 nitrogen and oxygen atoms in total. The number of nitrogens with two attached hydrogens (primary N) is 1. The van der Waals surface area contributed by atoms with Gasteiger partial charge in [0.15, 0.2) is 5.15 Å². The van der Waals surface area contributed by atoms with Gasteiger partial charge in [-0.15, -0.1) is 0 Å². The summed E-state index contributed by atoms with van der Waals surface area (Å²) in [5.74, 6) is 0.477. The van der Waals surface area contributed by atoms with Crippen molar-refractivity contribution in [1.29, 1.82) is 0 Å². The fourth-order valence-electron chi connectivity index (χ4n) is 1.55. The third-order valence-corrected chi connectivity index (χ3v) is 2.38. The van der Waals surface area contributed by atoms with Crippen LogP contribution >= 0.6 is 11.6 Å². The lowest BCUT2D eigenvalue weighted by Crippen LogP contribution is -2.05. The first-order valence-corrected chi connectivity index (χ1v) is 4.77. The zero-order chi connectivity index (χ0) is 10.3. The number of fused-ring (bicyclic) bond motifs is 1. The third kappa shape index (κ3) is 1.23. The Morgan fingerprint density at radius 3 is 2.86 bits per heavy atom. The van der Waals surface area contributed by atoms with Gasteiger partial charge in [-0.3, -0.25) is 0 Å². The maximum absolute atomic E-state index is 5.90. The quantitative estimate of drug-likeness (QED) is 0.735. The molecule has 0 aliphatic heterocycles. The van der Waals surface area contributed by atoms with Crippen LogP contribution in [0.15, 0.2) is 12.3 Å². The van der Waals surface area contributed by atoms with Crippen LogP contribution in [0.4, 0.5) is 5.95 Å². The molecule has 0 atom stereocenters. The van der Waals surface area contributed by atoms with E-state index >= 15 is 0 Å². The molecular formula is C9H11ClN4. The van der Waals surface area contributed by atoms with Crippen molar-refractivity contribution in [3.05, 3.63) is 17.4 Å². The van der Waals surface area contributed by atoms with E-state index in [1.807, 2.05) is 24.5 Å². The minimum atomic E-state index is 0.262. The van der Waals surface area contributed by atoms with Gasteiger partial charge in [0.05, 0.1) is 5.52 Å². The molecule has 0 radical (unpaired) electrons. The first-order chi connectivity index (χ1) is 6.61. The van der Waals surface area contributed by atoms with E-state index in [2.05, 4.69) is 9.97 Å². The van der Waals surface area contributed by atoms with E-state index in [1.165, 1.54) is 0 Å². The molecule has 0 saturated heterocycles. The fraction of sp³-hybridized carbons (Fsp3) is 0.333. The minimum Gasteiger partial charge on any atom is -0.369 e. The summed E-state index contributed by atoms with van der Waals surface area (Å²) >= 11 is 5.90. The number of nitrogens with zero attached hydrogens (tertiary/aromatic N) is 3. The first kappa shape index (κ1) is 9.27. The summed E-state index contributed by atoms with van der Waals surface area (Å²) < 4.78 is 1.93. The van der Waals surface area contributed by atoms with Crippen molar-refractivity contribution in [2.75, 3.05) is 5.73 Å². The van der Waals surface area contributed by atoms with Crippen molar-refractivity contribution in [3.63, 3.8) is 0 Å². The lowest BCUT2D eigenvalue weighted by Gasteiger charge is -2.09. The summed E-state index contributed by atoms with van der Waals surface area (Å²) in [5, 5.41) is 0.397. The van der Waals surface area contributed by atoms with E-state index in [9.17, 15) is 0 Å². The van der Waals surface area contributed by atoms with E-state index in [4.69, 9.17) is 17.3 Å². The number of hydrogen-bond acceptors (Lipinski definition) is 3. The largest absolute Gasteiger partial charge is 0.369 e. The molecule has 2 rings (SSSR count). The molecule has 0 fully saturated rings. The summed E-state index contributed by atoms with van der Waals surface area (Å²) in [6.07, 6.45) is 1.66. The second kappa shape index (κ2) is 3.13. The van der Waals surface area contributed by atoms with Crippen LogP contribution in [0, 0.1) is 0 Å². The Morgan fingerprint density at radius 2 is 2.21 bits per heavy atom. The van der Waals surface area contributed by atoms with Gasteiger partial charge < -0.3 is 10.3 Å². The van der Waals surface area contributed by atoms with Gasteiger partial charge in [0.2, 0.25) is 5.95 Å². The molecule has 0 aromatic carbocycles. The highest BCUT2D eigenvalue weighted by molar-refractivity contribution is 6.33. The van der Waals surface area contributed by atoms with Gasteiger partial charge in [-0.2, -0.15) is 0 Å². The molecule has 2 aromatic heterocycles. The van der Waals surface area contributed by atoms with E-state index in [-0.39, 0.29) is 6.04 Å². The summed E-state index contributed by atoms with van der Waals surface area (Å²) in [6, 6.07) is 2.13. The highest BCUT2D eigenvalue weighted by atomic mass is 35.5. The van der Waals surface area contributed by atoms with Crippen LogP contribution in [0.5, 0.6) is 0 Å². The number of imidazole rings is 1. The maximum atomic E-state index is 5.90. The Kier molecular flexibility index (Phi) is 2.07. The predicted octanol–water partition coefficient (Wildman–Crippen LogP) is 2.25. The average molecular weight is 211 g/mol. The van der Waals surface area contributed by atoms with Gasteiger partial charge in [0, 0.05) is 12.2 Å². The molecule has 0 unspecified atom stereocenters. The monoisotopic (exact) mass is 210 g/mol. The van der Waals surface area contributed by atoms with Gasteiger partial charge in [0.1, 0.15) is 5.52 Å². The molecule has 74 valence electrons. The van der Waals surface area contributed by atoms with Crippen molar-refractivity contribution < 1.29 is 0 Å². The molecule has 5 heteroatoms. The molecule has 2 N–H and O–H groups in total. The van der Waals surface area contributed by atoms with E-state index in [0.717, 1.165) is 5.52 Å². The van der Waals surface area contributed by atoms with E-state index in [0.29, 0.717) is 16.6 Å². The zero-order valence-corrected chi connectivity index (χ0v) is 8.78. The van der Waals surface area contributed by atoms with Crippen LogP contribution in [-0.4, -0.2) is 14.5 Å². The lowest BCUT2D eigenvalue weighted by molar-refractivity contribution is 0.627. The van der Waals surface area contributed by atoms with Crippen LogP contribution in [-0.2, 0) is 0 Å². The number of pyridine rings is 1. The molecule has 14 heavy (non-hydrogen) atoms. The Labute approximate surface area is 86.7 Å². The molecule has 2 aromatic rings. The molecule has 2 heterocycles. The van der Waals surface area contributed by atoms with Gasteiger partial charge in [-0.25, -0.2) is 9.97 Å².